The van der Waals surface area contributed by atoms with E-state index in [0.717, 1.165) is 5.82 Å². The second-order valence-electron chi connectivity index (χ2n) is 11.7. The van der Waals surface area contributed by atoms with E-state index in [2.05, 4.69) is 144 Å². The molecular formula is C38H27N3. The van der Waals surface area contributed by atoms with Gasteiger partial charge in [0, 0.05) is 44.4 Å². The topological polar surface area (TPSA) is 22.8 Å². The Morgan fingerprint density at radius 3 is 1.90 bits per heavy atom. The molecule has 4 heterocycles. The summed E-state index contributed by atoms with van der Waals surface area (Å²) in [7, 11) is 0. The van der Waals surface area contributed by atoms with Gasteiger partial charge in [-0.3, -0.25) is 4.57 Å². The van der Waals surface area contributed by atoms with Crippen LogP contribution in [0.2, 0.25) is 0 Å². The molecule has 3 nitrogen and oxygen atoms in total. The lowest BCUT2D eigenvalue weighted by Crippen LogP contribution is -2.26. The largest absolute Gasteiger partial charge is 0.309 e. The third-order valence-electron chi connectivity index (χ3n) is 9.17. The lowest BCUT2D eigenvalue weighted by Gasteiger charge is -2.33. The summed E-state index contributed by atoms with van der Waals surface area (Å²) in [5.41, 5.74) is 11.0. The van der Waals surface area contributed by atoms with E-state index in [9.17, 15) is 0 Å². The number of hydrogen-bond donors (Lipinski definition) is 0. The lowest BCUT2D eigenvalue weighted by molar-refractivity contribution is 0.624. The van der Waals surface area contributed by atoms with E-state index in [1.54, 1.807) is 0 Å². The van der Waals surface area contributed by atoms with Crippen LogP contribution in [0.3, 0.4) is 0 Å². The van der Waals surface area contributed by atoms with Gasteiger partial charge in [-0.25, -0.2) is 4.98 Å². The van der Waals surface area contributed by atoms with Crippen molar-refractivity contribution >= 4 is 43.6 Å². The summed E-state index contributed by atoms with van der Waals surface area (Å²) in [5, 5.41) is 5.11. The molecule has 0 N–H and O–H groups in total. The molecule has 41 heavy (non-hydrogen) atoms. The van der Waals surface area contributed by atoms with Crippen LogP contribution in [0, 0.1) is 0 Å². The number of hydrogen-bond acceptors (Lipinski definition) is 1. The first-order valence-electron chi connectivity index (χ1n) is 14.2. The van der Waals surface area contributed by atoms with Crippen LogP contribution in [0.1, 0.15) is 25.0 Å². The number of fused-ring (bicyclic) bond motifs is 8. The molecule has 0 spiro atoms. The van der Waals surface area contributed by atoms with Crippen LogP contribution in [0.5, 0.6) is 0 Å². The third-order valence-corrected chi connectivity index (χ3v) is 9.17. The van der Waals surface area contributed by atoms with Gasteiger partial charge in [0.05, 0.1) is 22.1 Å². The van der Waals surface area contributed by atoms with Gasteiger partial charge in [-0.1, -0.05) is 92.7 Å². The molecule has 3 aromatic heterocycles. The Balaban J connectivity index is 1.22. The van der Waals surface area contributed by atoms with E-state index >= 15 is 0 Å². The maximum Gasteiger partial charge on any atom is 0.141 e. The van der Waals surface area contributed by atoms with Gasteiger partial charge in [0.2, 0.25) is 0 Å². The highest BCUT2D eigenvalue weighted by Crippen LogP contribution is 2.47. The van der Waals surface area contributed by atoms with Crippen LogP contribution >= 0.6 is 0 Å². The maximum atomic E-state index is 4.88. The van der Waals surface area contributed by atoms with Gasteiger partial charge in [0.15, 0.2) is 0 Å². The van der Waals surface area contributed by atoms with Crippen LogP contribution < -0.4 is 0 Å². The smallest absolute Gasteiger partial charge is 0.141 e. The average molecular weight is 526 g/mol. The molecule has 0 aliphatic carbocycles. The highest BCUT2D eigenvalue weighted by atomic mass is 15.1. The summed E-state index contributed by atoms with van der Waals surface area (Å²) in [6, 6.07) is 44.2. The molecule has 0 unspecified atom stereocenters. The summed E-state index contributed by atoms with van der Waals surface area (Å²) in [6.07, 6.45) is 1.91. The number of aromatic nitrogens is 3. The minimum Gasteiger partial charge on any atom is -0.309 e. The van der Waals surface area contributed by atoms with Crippen molar-refractivity contribution in [1.29, 1.82) is 0 Å². The molecule has 0 saturated heterocycles. The maximum absolute atomic E-state index is 4.88. The van der Waals surface area contributed by atoms with E-state index in [0.29, 0.717) is 0 Å². The predicted molar refractivity (Wildman–Crippen MR) is 170 cm³/mol. The molecule has 0 amide bonds. The molecular weight excluding hydrogens is 498 g/mol. The minimum absolute atomic E-state index is 0.112. The second kappa shape index (κ2) is 7.96. The Labute approximate surface area is 237 Å². The fourth-order valence-electron chi connectivity index (χ4n) is 7.18. The van der Waals surface area contributed by atoms with Gasteiger partial charge in [0.1, 0.15) is 5.82 Å². The van der Waals surface area contributed by atoms with Crippen LogP contribution in [0.4, 0.5) is 0 Å². The number of nitrogens with zero attached hydrogens (tertiary/aromatic N) is 3. The first kappa shape index (κ1) is 22.6. The molecule has 0 atom stereocenters. The lowest BCUT2D eigenvalue weighted by atomic mass is 9.76. The molecule has 0 saturated carbocycles. The molecule has 0 bridgehead atoms. The predicted octanol–water partition coefficient (Wildman–Crippen LogP) is 9.58. The van der Waals surface area contributed by atoms with Gasteiger partial charge in [-0.2, -0.15) is 0 Å². The summed E-state index contributed by atoms with van der Waals surface area (Å²) in [5.74, 6) is 1.04. The Morgan fingerprint density at radius 1 is 0.512 bits per heavy atom. The molecule has 0 fully saturated rings. The van der Waals surface area contributed by atoms with Gasteiger partial charge < -0.3 is 4.57 Å². The second-order valence-corrected chi connectivity index (χ2v) is 11.7. The fourth-order valence-corrected chi connectivity index (χ4v) is 7.18. The summed E-state index contributed by atoms with van der Waals surface area (Å²) >= 11 is 0. The van der Waals surface area contributed by atoms with Crippen molar-refractivity contribution in [3.05, 3.63) is 139 Å². The quantitative estimate of drug-likeness (QED) is 0.220. The van der Waals surface area contributed by atoms with Crippen molar-refractivity contribution < 1.29 is 0 Å². The Morgan fingerprint density at radius 2 is 1.15 bits per heavy atom. The summed E-state index contributed by atoms with van der Waals surface area (Å²) in [4.78, 5) is 4.88. The highest BCUT2D eigenvalue weighted by Gasteiger charge is 2.35. The standard InChI is InChI=1S/C38H27N3/c1-38(2)31-12-7-11-29-30-23-25(18-21-35(30)41(36(29)31)37-32(38)13-8-22-39-37)24-16-19-26(20-17-24)40-33-14-5-3-9-27(33)28-10-4-6-15-34(28)40/h3-23H,1-2H3. The zero-order chi connectivity index (χ0) is 27.3. The van der Waals surface area contributed by atoms with E-state index in [1.165, 1.54) is 71.6 Å². The minimum atomic E-state index is -0.112. The van der Waals surface area contributed by atoms with Crippen molar-refractivity contribution in [3.63, 3.8) is 0 Å². The summed E-state index contributed by atoms with van der Waals surface area (Å²) < 4.78 is 4.74. The first-order chi connectivity index (χ1) is 20.1. The summed E-state index contributed by atoms with van der Waals surface area (Å²) in [6.45, 7) is 4.63. The van der Waals surface area contributed by atoms with E-state index in [4.69, 9.17) is 4.98 Å². The Bertz CT molecular complexity index is 2280. The molecule has 9 rings (SSSR count). The number of benzene rings is 5. The number of para-hydroxylation sites is 3. The fraction of sp³-hybridized carbons (Fsp3) is 0.0789. The molecule has 5 aromatic carbocycles. The molecule has 194 valence electrons. The van der Waals surface area contributed by atoms with Crippen molar-refractivity contribution in [2.45, 2.75) is 19.3 Å². The van der Waals surface area contributed by atoms with Crippen molar-refractivity contribution in [2.75, 3.05) is 0 Å². The van der Waals surface area contributed by atoms with Gasteiger partial charge in [0.25, 0.3) is 0 Å². The van der Waals surface area contributed by atoms with Gasteiger partial charge >= 0.3 is 0 Å². The zero-order valence-electron chi connectivity index (χ0n) is 23.0. The van der Waals surface area contributed by atoms with Crippen molar-refractivity contribution in [3.8, 4) is 22.6 Å². The zero-order valence-corrected chi connectivity index (χ0v) is 23.0. The monoisotopic (exact) mass is 525 g/mol. The SMILES string of the molecule is CC1(C)c2cccnc2-n2c3ccc(-c4ccc(-n5c6ccccc6c6ccccc65)cc4)cc3c3cccc1c32. The van der Waals surface area contributed by atoms with Crippen molar-refractivity contribution in [1.82, 2.24) is 14.1 Å². The van der Waals surface area contributed by atoms with Crippen LogP contribution in [-0.4, -0.2) is 14.1 Å². The van der Waals surface area contributed by atoms with E-state index in [1.807, 2.05) is 6.20 Å². The normalized spacial score (nSPS) is 13.8. The van der Waals surface area contributed by atoms with E-state index < -0.39 is 0 Å². The molecule has 3 heteroatoms. The Kier molecular flexibility index (Phi) is 4.39. The van der Waals surface area contributed by atoms with Crippen LogP contribution in [-0.2, 0) is 5.41 Å². The number of pyridine rings is 1. The van der Waals surface area contributed by atoms with E-state index in [-0.39, 0.29) is 5.41 Å². The van der Waals surface area contributed by atoms with Crippen LogP contribution in [0.15, 0.2) is 128 Å². The number of rotatable bonds is 2. The Hall–Kier alpha value is -5.15. The van der Waals surface area contributed by atoms with Crippen molar-refractivity contribution in [2.24, 2.45) is 0 Å². The molecule has 8 aromatic rings. The van der Waals surface area contributed by atoms with Crippen LogP contribution in [0.25, 0.3) is 66.2 Å². The van der Waals surface area contributed by atoms with Gasteiger partial charge in [-0.15, -0.1) is 0 Å². The highest BCUT2D eigenvalue weighted by molar-refractivity contribution is 6.12. The molecule has 0 radical (unpaired) electrons. The molecule has 1 aliphatic rings. The third kappa shape index (κ3) is 2.95. The first-order valence-corrected chi connectivity index (χ1v) is 14.2. The average Bonchev–Trinajstić information content (AvgIpc) is 3.53. The molecule has 1 aliphatic heterocycles. The van der Waals surface area contributed by atoms with Gasteiger partial charge in [-0.05, 0) is 59.2 Å².